The minimum absolute atomic E-state index is 0.238. The number of rotatable bonds is 7. The number of benzene rings is 3. The van der Waals surface area contributed by atoms with Gasteiger partial charge in [-0.15, -0.1) is 0 Å². The molecule has 0 aliphatic rings. The fraction of sp³-hybridized carbons (Fsp3) is 0.0909. The molecule has 0 aliphatic heterocycles. The van der Waals surface area contributed by atoms with Crippen molar-refractivity contribution >= 4 is 33.4 Å². The molecule has 0 heterocycles. The van der Waals surface area contributed by atoms with Gasteiger partial charge in [0.05, 0.1) is 5.56 Å². The van der Waals surface area contributed by atoms with Gasteiger partial charge in [0.1, 0.15) is 11.6 Å². The molecule has 3 aromatic carbocycles. The first kappa shape index (κ1) is 20.5. The molecule has 2 amide bonds. The zero-order chi connectivity index (χ0) is 20.6. The zero-order valence-corrected chi connectivity index (χ0v) is 16.9. The van der Waals surface area contributed by atoms with Gasteiger partial charge in [-0.25, -0.2) is 4.39 Å². The third kappa shape index (κ3) is 6.15. The van der Waals surface area contributed by atoms with E-state index in [1.807, 2.05) is 12.1 Å². The van der Waals surface area contributed by atoms with Crippen LogP contribution in [-0.2, 0) is 11.3 Å². The Kier molecular flexibility index (Phi) is 6.97. The lowest BCUT2D eigenvalue weighted by Crippen LogP contribution is -2.25. The Morgan fingerprint density at radius 2 is 1.62 bits per heavy atom. The zero-order valence-electron chi connectivity index (χ0n) is 15.3. The molecule has 0 aromatic heterocycles. The van der Waals surface area contributed by atoms with Crippen molar-refractivity contribution in [1.29, 1.82) is 0 Å². The summed E-state index contributed by atoms with van der Waals surface area (Å²) in [6.07, 6.45) is 0. The van der Waals surface area contributed by atoms with Gasteiger partial charge in [0, 0.05) is 16.7 Å². The van der Waals surface area contributed by atoms with Crippen LogP contribution in [0, 0.1) is 5.82 Å². The molecule has 0 fully saturated rings. The van der Waals surface area contributed by atoms with Crippen LogP contribution in [-0.4, -0.2) is 18.4 Å². The van der Waals surface area contributed by atoms with E-state index in [9.17, 15) is 14.0 Å². The molecule has 0 spiro atoms. The highest BCUT2D eigenvalue weighted by Gasteiger charge is 2.13. The van der Waals surface area contributed by atoms with E-state index in [1.165, 1.54) is 12.1 Å². The number of halogens is 2. The summed E-state index contributed by atoms with van der Waals surface area (Å²) < 4.78 is 19.4. The average Bonchev–Trinajstić information content (AvgIpc) is 2.73. The summed E-state index contributed by atoms with van der Waals surface area (Å²) in [7, 11) is 0. The van der Waals surface area contributed by atoms with Gasteiger partial charge < -0.3 is 15.4 Å². The predicted octanol–water partition coefficient (Wildman–Crippen LogP) is 4.54. The number of hydrogen-bond acceptors (Lipinski definition) is 3. The Bertz CT molecular complexity index is 992. The summed E-state index contributed by atoms with van der Waals surface area (Å²) >= 11 is 3.33. The average molecular weight is 457 g/mol. The minimum Gasteiger partial charge on any atom is -0.483 e. The summed E-state index contributed by atoms with van der Waals surface area (Å²) in [6.45, 7) is 0.00974. The summed E-state index contributed by atoms with van der Waals surface area (Å²) in [6, 6.07) is 19.7. The Morgan fingerprint density at radius 1 is 0.931 bits per heavy atom. The maximum atomic E-state index is 13.0. The van der Waals surface area contributed by atoms with Crippen LogP contribution in [0.5, 0.6) is 5.75 Å². The van der Waals surface area contributed by atoms with Crippen LogP contribution in [0.1, 0.15) is 15.9 Å². The molecule has 7 heteroatoms. The quantitative estimate of drug-likeness (QED) is 0.548. The number of para-hydroxylation sites is 1. The van der Waals surface area contributed by atoms with Crippen LogP contribution in [0.25, 0.3) is 0 Å². The van der Waals surface area contributed by atoms with E-state index >= 15 is 0 Å². The summed E-state index contributed by atoms with van der Waals surface area (Å²) in [5.41, 5.74) is 1.73. The molecule has 0 saturated heterocycles. The van der Waals surface area contributed by atoms with Gasteiger partial charge in [-0.05, 0) is 54.1 Å². The number of carbonyl (C=O) groups excluding carboxylic acids is 2. The summed E-state index contributed by atoms with van der Waals surface area (Å²) in [5, 5.41) is 5.48. The van der Waals surface area contributed by atoms with Crippen molar-refractivity contribution in [2.45, 2.75) is 6.54 Å². The number of carbonyl (C=O) groups is 2. The Balaban J connectivity index is 1.57. The van der Waals surface area contributed by atoms with Crippen molar-refractivity contribution in [2.24, 2.45) is 0 Å². The molecular formula is C22H18BrFN2O3. The molecule has 29 heavy (non-hydrogen) atoms. The van der Waals surface area contributed by atoms with Crippen LogP contribution >= 0.6 is 15.9 Å². The number of hydrogen-bond donors (Lipinski definition) is 2. The van der Waals surface area contributed by atoms with Crippen LogP contribution in [0.3, 0.4) is 0 Å². The first-order chi connectivity index (χ1) is 14.0. The fourth-order valence-corrected chi connectivity index (χ4v) is 2.80. The van der Waals surface area contributed by atoms with Crippen LogP contribution in [0.4, 0.5) is 10.1 Å². The second-order valence-electron chi connectivity index (χ2n) is 6.15. The van der Waals surface area contributed by atoms with Crippen molar-refractivity contribution in [3.05, 3.63) is 94.2 Å². The van der Waals surface area contributed by atoms with E-state index in [-0.39, 0.29) is 30.8 Å². The van der Waals surface area contributed by atoms with Gasteiger partial charge in [0.2, 0.25) is 0 Å². The molecule has 0 aliphatic carbocycles. The molecule has 2 N–H and O–H groups in total. The van der Waals surface area contributed by atoms with Gasteiger partial charge in [-0.3, -0.25) is 9.59 Å². The van der Waals surface area contributed by atoms with Crippen LogP contribution in [0.15, 0.2) is 77.3 Å². The molecule has 0 unspecified atom stereocenters. The summed E-state index contributed by atoms with van der Waals surface area (Å²) in [4.78, 5) is 24.6. The highest BCUT2D eigenvalue weighted by Crippen LogP contribution is 2.19. The maximum Gasteiger partial charge on any atom is 0.262 e. The lowest BCUT2D eigenvalue weighted by Gasteiger charge is -2.12. The highest BCUT2D eigenvalue weighted by atomic mass is 79.9. The van der Waals surface area contributed by atoms with E-state index in [4.69, 9.17) is 4.74 Å². The van der Waals surface area contributed by atoms with Crippen molar-refractivity contribution in [1.82, 2.24) is 5.32 Å². The third-order valence-corrected chi connectivity index (χ3v) is 4.51. The van der Waals surface area contributed by atoms with Gasteiger partial charge in [-0.1, -0.05) is 40.2 Å². The summed E-state index contributed by atoms with van der Waals surface area (Å²) in [5.74, 6) is -0.720. The van der Waals surface area contributed by atoms with Crippen molar-refractivity contribution in [2.75, 3.05) is 11.9 Å². The second-order valence-corrected chi connectivity index (χ2v) is 7.06. The molecular weight excluding hydrogens is 439 g/mol. The van der Waals surface area contributed by atoms with Crippen molar-refractivity contribution in [3.8, 4) is 5.75 Å². The standard InChI is InChI=1S/C22H18BrFN2O3/c23-16-7-11-18(12-8-16)26-21(27)14-29-20-4-2-1-3-19(20)22(28)25-13-15-5-9-17(24)10-6-15/h1-12H,13-14H2,(H,25,28)(H,26,27). The highest BCUT2D eigenvalue weighted by molar-refractivity contribution is 9.10. The fourth-order valence-electron chi connectivity index (χ4n) is 2.53. The van der Waals surface area contributed by atoms with Crippen LogP contribution < -0.4 is 15.4 Å². The molecule has 0 atom stereocenters. The van der Waals surface area contributed by atoms with E-state index in [0.29, 0.717) is 17.0 Å². The minimum atomic E-state index is -0.349. The normalized spacial score (nSPS) is 10.3. The lowest BCUT2D eigenvalue weighted by atomic mass is 10.1. The number of anilines is 1. The molecule has 5 nitrogen and oxygen atoms in total. The van der Waals surface area contributed by atoms with Gasteiger partial charge in [-0.2, -0.15) is 0 Å². The molecule has 0 saturated carbocycles. The first-order valence-corrected chi connectivity index (χ1v) is 9.60. The Hall–Kier alpha value is -3.19. The monoisotopic (exact) mass is 456 g/mol. The van der Waals surface area contributed by atoms with Gasteiger partial charge in [0.15, 0.2) is 6.61 Å². The molecule has 148 valence electrons. The molecule has 0 bridgehead atoms. The topological polar surface area (TPSA) is 67.4 Å². The lowest BCUT2D eigenvalue weighted by molar-refractivity contribution is -0.118. The Labute approximate surface area is 176 Å². The van der Waals surface area contributed by atoms with Crippen LogP contribution in [0.2, 0.25) is 0 Å². The number of nitrogens with one attached hydrogen (secondary N) is 2. The van der Waals surface area contributed by atoms with Gasteiger partial charge in [0.25, 0.3) is 11.8 Å². The van der Waals surface area contributed by atoms with E-state index in [2.05, 4.69) is 26.6 Å². The Morgan fingerprint density at radius 3 is 2.34 bits per heavy atom. The van der Waals surface area contributed by atoms with E-state index < -0.39 is 0 Å². The second kappa shape index (κ2) is 9.84. The molecule has 0 radical (unpaired) electrons. The first-order valence-electron chi connectivity index (χ1n) is 8.81. The van der Waals surface area contributed by atoms with Crippen molar-refractivity contribution in [3.63, 3.8) is 0 Å². The van der Waals surface area contributed by atoms with Crippen molar-refractivity contribution < 1.29 is 18.7 Å². The largest absolute Gasteiger partial charge is 0.483 e. The number of amides is 2. The third-order valence-electron chi connectivity index (χ3n) is 3.98. The molecule has 3 aromatic rings. The SMILES string of the molecule is O=C(COc1ccccc1C(=O)NCc1ccc(F)cc1)Nc1ccc(Br)cc1. The van der Waals surface area contributed by atoms with Gasteiger partial charge >= 0.3 is 0 Å². The van der Waals surface area contributed by atoms with E-state index in [0.717, 1.165) is 10.0 Å². The van der Waals surface area contributed by atoms with E-state index in [1.54, 1.807) is 48.5 Å². The maximum absolute atomic E-state index is 13.0. The smallest absolute Gasteiger partial charge is 0.262 e. The molecule has 3 rings (SSSR count). The number of ether oxygens (including phenoxy) is 1. The predicted molar refractivity (Wildman–Crippen MR) is 112 cm³/mol.